The number of carbonyl (C=O) groups is 2. The van der Waals surface area contributed by atoms with E-state index in [1.807, 2.05) is 41.8 Å². The molecule has 1 N–H and O–H groups in total. The molecule has 0 radical (unpaired) electrons. The maximum Gasteiger partial charge on any atom is 0.355 e. The molecule has 0 aliphatic carbocycles. The van der Waals surface area contributed by atoms with Crippen LogP contribution in [0.2, 0.25) is 10.0 Å². The molecule has 0 fully saturated rings. The maximum absolute atomic E-state index is 13.1. The van der Waals surface area contributed by atoms with Crippen molar-refractivity contribution in [2.75, 3.05) is 11.9 Å². The first-order chi connectivity index (χ1) is 14.3. The molecule has 2 aromatic carbocycles. The van der Waals surface area contributed by atoms with Gasteiger partial charge in [-0.3, -0.25) is 4.79 Å². The van der Waals surface area contributed by atoms with Crippen LogP contribution in [0.25, 0.3) is 0 Å². The van der Waals surface area contributed by atoms with E-state index >= 15 is 0 Å². The predicted octanol–water partition coefficient (Wildman–Crippen LogP) is 5.89. The van der Waals surface area contributed by atoms with Crippen LogP contribution in [0.1, 0.15) is 44.6 Å². The van der Waals surface area contributed by atoms with Crippen molar-refractivity contribution in [3.05, 3.63) is 86.7 Å². The lowest BCUT2D eigenvalue weighted by molar-refractivity contribution is 0.0513. The Hall–Kier alpha value is -2.76. The van der Waals surface area contributed by atoms with Gasteiger partial charge in [0.2, 0.25) is 0 Å². The fourth-order valence-electron chi connectivity index (χ4n) is 3.43. The van der Waals surface area contributed by atoms with E-state index in [2.05, 4.69) is 5.32 Å². The topological polar surface area (TPSA) is 60.3 Å². The molecule has 3 rings (SSSR count). The summed E-state index contributed by atoms with van der Waals surface area (Å²) in [4.78, 5) is 25.8. The van der Waals surface area contributed by atoms with Crippen molar-refractivity contribution < 1.29 is 14.3 Å². The molecule has 1 aromatic heterocycles. The number of anilines is 1. The fraction of sp³-hybridized carbons (Fsp3) is 0.217. The van der Waals surface area contributed by atoms with Crippen molar-refractivity contribution in [3.63, 3.8) is 0 Å². The number of hydrogen-bond donors (Lipinski definition) is 1. The van der Waals surface area contributed by atoms with E-state index in [-0.39, 0.29) is 12.5 Å². The Morgan fingerprint density at radius 1 is 1.07 bits per heavy atom. The van der Waals surface area contributed by atoms with E-state index in [1.165, 1.54) is 0 Å². The van der Waals surface area contributed by atoms with Gasteiger partial charge in [0.25, 0.3) is 5.91 Å². The molecular formula is C23H22Cl2N2O3. The lowest BCUT2D eigenvalue weighted by Gasteiger charge is -2.12. The Morgan fingerprint density at radius 3 is 2.40 bits per heavy atom. The Bertz CT molecular complexity index is 1090. The zero-order valence-electron chi connectivity index (χ0n) is 17.0. The summed E-state index contributed by atoms with van der Waals surface area (Å²) >= 11 is 12.1. The summed E-state index contributed by atoms with van der Waals surface area (Å²) in [6, 6.07) is 14.6. The molecule has 5 nitrogen and oxygen atoms in total. The first-order valence-corrected chi connectivity index (χ1v) is 10.3. The minimum Gasteiger partial charge on any atom is -0.461 e. The molecule has 30 heavy (non-hydrogen) atoms. The molecule has 0 bridgehead atoms. The average Bonchev–Trinajstić information content (AvgIpc) is 2.95. The van der Waals surface area contributed by atoms with Crippen molar-refractivity contribution >= 4 is 40.8 Å². The summed E-state index contributed by atoms with van der Waals surface area (Å²) in [5.41, 5.74) is 3.46. The van der Waals surface area contributed by atoms with Gasteiger partial charge in [-0.2, -0.15) is 0 Å². The Kier molecular flexibility index (Phi) is 6.85. The summed E-state index contributed by atoms with van der Waals surface area (Å²) in [7, 11) is 0. The van der Waals surface area contributed by atoms with Gasteiger partial charge in [-0.15, -0.1) is 0 Å². The minimum atomic E-state index is -0.461. The number of rotatable bonds is 6. The second-order valence-corrected chi connectivity index (χ2v) is 7.65. The van der Waals surface area contributed by atoms with Gasteiger partial charge in [-0.05, 0) is 50.1 Å². The molecule has 7 heteroatoms. The van der Waals surface area contributed by atoms with Crippen LogP contribution in [-0.2, 0) is 11.3 Å². The van der Waals surface area contributed by atoms with Gasteiger partial charge in [0.05, 0.1) is 22.9 Å². The van der Waals surface area contributed by atoms with Gasteiger partial charge in [0.1, 0.15) is 5.69 Å². The van der Waals surface area contributed by atoms with E-state index in [0.717, 1.165) is 5.56 Å². The highest BCUT2D eigenvalue weighted by atomic mass is 35.5. The zero-order chi connectivity index (χ0) is 21.8. The number of nitrogens with zero attached hydrogens (tertiary/aromatic N) is 1. The van der Waals surface area contributed by atoms with Gasteiger partial charge >= 0.3 is 5.97 Å². The monoisotopic (exact) mass is 444 g/mol. The standard InChI is InChI=1S/C23H22Cl2N2O3/c1-4-30-23(29)21-14(2)20(15(3)27(21)13-16-8-6-5-7-9-16)22(28)26-19-11-10-17(24)12-18(19)25/h5-12H,4,13H2,1-3H3,(H,26,28). The van der Waals surface area contributed by atoms with Crippen LogP contribution in [0.4, 0.5) is 5.69 Å². The molecule has 156 valence electrons. The number of hydrogen-bond acceptors (Lipinski definition) is 3. The third kappa shape index (κ3) is 4.53. The number of carbonyl (C=O) groups excluding carboxylic acids is 2. The van der Waals surface area contributed by atoms with E-state index in [4.69, 9.17) is 27.9 Å². The Labute approximate surface area is 185 Å². The van der Waals surface area contributed by atoms with Gasteiger partial charge in [0, 0.05) is 17.3 Å². The lowest BCUT2D eigenvalue weighted by atomic mass is 10.1. The van der Waals surface area contributed by atoms with E-state index in [9.17, 15) is 9.59 Å². The molecule has 0 atom stereocenters. The largest absolute Gasteiger partial charge is 0.461 e. The van der Waals surface area contributed by atoms with Crippen LogP contribution >= 0.6 is 23.2 Å². The van der Waals surface area contributed by atoms with Crippen molar-refractivity contribution in [1.82, 2.24) is 4.57 Å². The van der Waals surface area contributed by atoms with Gasteiger partial charge in [-0.25, -0.2) is 4.79 Å². The highest BCUT2D eigenvalue weighted by molar-refractivity contribution is 6.36. The number of aromatic nitrogens is 1. The van der Waals surface area contributed by atoms with Crippen LogP contribution in [0.3, 0.4) is 0 Å². The van der Waals surface area contributed by atoms with Crippen molar-refractivity contribution in [2.24, 2.45) is 0 Å². The molecule has 1 amide bonds. The highest BCUT2D eigenvalue weighted by Crippen LogP contribution is 2.29. The molecule has 1 heterocycles. The second-order valence-electron chi connectivity index (χ2n) is 6.80. The van der Waals surface area contributed by atoms with Crippen LogP contribution in [-0.4, -0.2) is 23.1 Å². The van der Waals surface area contributed by atoms with Crippen molar-refractivity contribution in [2.45, 2.75) is 27.3 Å². The summed E-state index contributed by atoms with van der Waals surface area (Å²) in [5.74, 6) is -0.816. The molecule has 0 spiro atoms. The normalized spacial score (nSPS) is 10.7. The molecule has 0 unspecified atom stereocenters. The van der Waals surface area contributed by atoms with Gasteiger partial charge in [-0.1, -0.05) is 53.5 Å². The van der Waals surface area contributed by atoms with Crippen LogP contribution < -0.4 is 5.32 Å². The van der Waals surface area contributed by atoms with Gasteiger partial charge in [0.15, 0.2) is 0 Å². The van der Waals surface area contributed by atoms with E-state index in [1.54, 1.807) is 32.0 Å². The molecule has 3 aromatic rings. The van der Waals surface area contributed by atoms with Crippen molar-refractivity contribution in [1.29, 1.82) is 0 Å². The van der Waals surface area contributed by atoms with Crippen LogP contribution in [0.5, 0.6) is 0 Å². The fourth-order valence-corrected chi connectivity index (χ4v) is 3.89. The first kappa shape index (κ1) is 21.9. The van der Waals surface area contributed by atoms with Gasteiger partial charge < -0.3 is 14.6 Å². The zero-order valence-corrected chi connectivity index (χ0v) is 18.5. The summed E-state index contributed by atoms with van der Waals surface area (Å²) < 4.78 is 7.08. The number of amides is 1. The number of ether oxygens (including phenoxy) is 1. The third-order valence-electron chi connectivity index (χ3n) is 4.83. The number of halogens is 2. The van der Waals surface area contributed by atoms with Crippen LogP contribution in [0, 0.1) is 13.8 Å². The van der Waals surface area contributed by atoms with E-state index in [0.29, 0.717) is 44.8 Å². The third-order valence-corrected chi connectivity index (χ3v) is 5.37. The first-order valence-electron chi connectivity index (χ1n) is 9.50. The molecule has 0 aliphatic rings. The number of nitrogens with one attached hydrogen (secondary N) is 1. The predicted molar refractivity (Wildman–Crippen MR) is 120 cm³/mol. The Morgan fingerprint density at radius 2 is 1.77 bits per heavy atom. The quantitative estimate of drug-likeness (QED) is 0.482. The summed E-state index contributed by atoms with van der Waals surface area (Å²) in [5, 5.41) is 3.63. The summed E-state index contributed by atoms with van der Waals surface area (Å²) in [6.45, 7) is 6.00. The molecular weight excluding hydrogens is 423 g/mol. The Balaban J connectivity index is 2.04. The SMILES string of the molecule is CCOC(=O)c1c(C)c(C(=O)Nc2ccc(Cl)cc2Cl)c(C)n1Cc1ccccc1. The smallest absolute Gasteiger partial charge is 0.355 e. The van der Waals surface area contributed by atoms with Crippen LogP contribution in [0.15, 0.2) is 48.5 Å². The lowest BCUT2D eigenvalue weighted by Crippen LogP contribution is -2.15. The second kappa shape index (κ2) is 9.37. The molecule has 0 aliphatic heterocycles. The molecule has 0 saturated heterocycles. The average molecular weight is 445 g/mol. The number of benzene rings is 2. The van der Waals surface area contributed by atoms with E-state index < -0.39 is 5.97 Å². The minimum absolute atomic E-state index is 0.246. The molecule has 0 saturated carbocycles. The highest BCUT2D eigenvalue weighted by Gasteiger charge is 2.27. The number of esters is 1. The van der Waals surface area contributed by atoms with Crippen molar-refractivity contribution in [3.8, 4) is 0 Å². The summed E-state index contributed by atoms with van der Waals surface area (Å²) in [6.07, 6.45) is 0. The maximum atomic E-state index is 13.1.